The maximum absolute atomic E-state index is 14.0. The number of allylic oxidation sites excluding steroid dienone is 8. The van der Waals surface area contributed by atoms with Crippen LogP contribution in [0.2, 0.25) is 0 Å². The number of rotatable bonds is 20. The van der Waals surface area contributed by atoms with Crippen LogP contribution >= 0.6 is 0 Å². The number of ether oxygens (including phenoxy) is 10. The molecule has 5 aliphatic rings. The Kier molecular flexibility index (Phi) is 27.6. The first kappa shape index (κ1) is 69.6. The molecule has 0 aliphatic carbocycles. The number of aliphatic hydroxyl groups excluding tert-OH is 6. The van der Waals surface area contributed by atoms with E-state index in [1.54, 1.807) is 26.0 Å². The van der Waals surface area contributed by atoms with E-state index in [-0.39, 0.29) is 74.4 Å². The average Bonchev–Trinajstić information content (AvgIpc) is 2.83. The van der Waals surface area contributed by atoms with E-state index in [9.17, 15) is 40.2 Å². The second-order valence-electron chi connectivity index (χ2n) is 23.7. The molecule has 0 saturated carbocycles. The summed E-state index contributed by atoms with van der Waals surface area (Å²) in [6, 6.07) is 0. The molecule has 0 bridgehead atoms. The van der Waals surface area contributed by atoms with Gasteiger partial charge in [0.15, 0.2) is 24.2 Å². The lowest BCUT2D eigenvalue weighted by Crippen LogP contribution is -2.56. The fourth-order valence-corrected chi connectivity index (χ4v) is 12.8. The van der Waals surface area contributed by atoms with Crippen molar-refractivity contribution in [1.82, 2.24) is 0 Å². The Labute approximate surface area is 489 Å². The molecule has 18 nitrogen and oxygen atoms in total. The highest BCUT2D eigenvalue weighted by atomic mass is 16.7. The van der Waals surface area contributed by atoms with Gasteiger partial charge in [-0.2, -0.15) is 0 Å². The van der Waals surface area contributed by atoms with Crippen molar-refractivity contribution in [2.75, 3.05) is 14.2 Å². The highest BCUT2D eigenvalue weighted by Crippen LogP contribution is 2.44. The van der Waals surface area contributed by atoms with Crippen molar-refractivity contribution < 1.29 is 87.6 Å². The van der Waals surface area contributed by atoms with Gasteiger partial charge in [-0.1, -0.05) is 104 Å². The number of carbonyl (C=O) groups excluding carboxylic acids is 2. The van der Waals surface area contributed by atoms with E-state index in [1.165, 1.54) is 26.4 Å². The zero-order valence-electron chi connectivity index (χ0n) is 51.5. The largest absolute Gasteiger partial charge is 0.458 e. The summed E-state index contributed by atoms with van der Waals surface area (Å²) in [5.74, 6) is -5.81. The summed E-state index contributed by atoms with van der Waals surface area (Å²) in [5.41, 5.74) is 1.63. The first-order valence-corrected chi connectivity index (χ1v) is 30.6. The molecule has 6 N–H and O–H groups in total. The van der Waals surface area contributed by atoms with Crippen molar-refractivity contribution in [3.8, 4) is 0 Å². The topological polar surface area (TPSA) is 248 Å². The van der Waals surface area contributed by atoms with Gasteiger partial charge in [0, 0.05) is 100 Å². The van der Waals surface area contributed by atoms with Crippen LogP contribution in [0.25, 0.3) is 0 Å². The molecule has 5 rings (SSSR count). The Morgan fingerprint density at radius 2 is 0.927 bits per heavy atom. The molecule has 468 valence electrons. The lowest BCUT2D eigenvalue weighted by Gasteiger charge is -2.49. The summed E-state index contributed by atoms with van der Waals surface area (Å²) in [5, 5.41) is 66.3. The summed E-state index contributed by atoms with van der Waals surface area (Å²) < 4.78 is 63.3. The van der Waals surface area contributed by atoms with Crippen molar-refractivity contribution in [2.45, 2.75) is 270 Å². The predicted molar refractivity (Wildman–Crippen MR) is 309 cm³/mol. The standard InChI is InChI=1S/C64H104O18/c1-15-43-23-21-25-45(17-3)61(37(7)51(67)33-63(73-13)35-53(47(19-5)39(9)81-63)77-57-31-49(65)59(71)41(11)75-57)80-56(70)30-28-44(16-2)24-22-26-46(18-4)62(79-55(69)29-27-43)38(8)52(68)34-64(74-14)36-54(48(20-6)40(10)82-64)78-58-32-50(66)60(72)42(12)76-58/h21-30,37-42,45-54,57-62,65-68,71-72H,15-20,31-36H2,1-14H3/b25-21-,26-22+,29-27+,30-28+,43-23+,44-24-/t37-,38-,39-,40-,41-,42-,45-,46-,47-,48-,49-,50-,51-,52-,53-,54-,57+,58+,59-,60-,61-,62-,63-,64+/m1/s1. The lowest BCUT2D eigenvalue weighted by atomic mass is 9.80. The minimum atomic E-state index is -1.29. The first-order valence-electron chi connectivity index (χ1n) is 30.6. The van der Waals surface area contributed by atoms with Gasteiger partial charge < -0.3 is 78.0 Å². The molecule has 0 aromatic heterocycles. The quantitative estimate of drug-likeness (QED) is 0.0627. The molecule has 0 radical (unpaired) electrons. The van der Waals surface area contributed by atoms with Crippen LogP contribution in [0, 0.1) is 35.5 Å². The van der Waals surface area contributed by atoms with Gasteiger partial charge in [-0.25, -0.2) is 9.59 Å². The van der Waals surface area contributed by atoms with Crippen molar-refractivity contribution in [2.24, 2.45) is 35.5 Å². The van der Waals surface area contributed by atoms with Crippen molar-refractivity contribution in [3.05, 3.63) is 71.9 Å². The van der Waals surface area contributed by atoms with Gasteiger partial charge >= 0.3 is 11.9 Å². The van der Waals surface area contributed by atoms with Gasteiger partial charge in [0.2, 0.25) is 0 Å². The fourth-order valence-electron chi connectivity index (χ4n) is 12.8. The summed E-state index contributed by atoms with van der Waals surface area (Å²) in [7, 11) is 3.08. The van der Waals surface area contributed by atoms with Crippen LogP contribution in [-0.2, 0) is 57.0 Å². The molecule has 18 heteroatoms. The maximum atomic E-state index is 14.0. The van der Waals surface area contributed by atoms with E-state index in [0.717, 1.165) is 24.0 Å². The molecule has 5 heterocycles. The fraction of sp³-hybridized carbons (Fsp3) is 0.781. The number of esters is 2. The van der Waals surface area contributed by atoms with Crippen LogP contribution in [0.3, 0.4) is 0 Å². The summed E-state index contributed by atoms with van der Waals surface area (Å²) in [6.45, 7) is 23.0. The SMILES string of the molecule is CCC1=C/C=C/[C@@H](CC)[C@@H]([C@H](C)[C@H](O)C[C@@]2(OC)C[C@@H](O[C@H]3C[C@@H](O)[C@H](O)[C@@H](C)O3)[C@H](CC)[C@@H](C)O2)OC(=O)/C=C/C(CC)=C/C=C\[C@@H](CC)[C@@H]([C@H](C)[C@H](O)C[C@]2(OC)C[C@@H](O[C@H]3C[C@@H](O)[C@H](O)[C@@H](C)O3)[C@H](CC)[C@@H](C)O2)OC(=O)\C=C\1. The highest BCUT2D eigenvalue weighted by Gasteiger charge is 2.52. The van der Waals surface area contributed by atoms with Crippen LogP contribution in [0.4, 0.5) is 0 Å². The van der Waals surface area contributed by atoms with Crippen LogP contribution < -0.4 is 0 Å². The molecule has 4 fully saturated rings. The van der Waals surface area contributed by atoms with E-state index < -0.39 is 121 Å². The second-order valence-corrected chi connectivity index (χ2v) is 23.7. The molecule has 5 aliphatic heterocycles. The van der Waals surface area contributed by atoms with Gasteiger partial charge in [0.25, 0.3) is 0 Å². The molecule has 0 aromatic rings. The third kappa shape index (κ3) is 18.4. The molecular formula is C64H104O18. The Morgan fingerprint density at radius 3 is 1.23 bits per heavy atom. The Balaban J connectivity index is 1.39. The summed E-state index contributed by atoms with van der Waals surface area (Å²) in [6.07, 6.45) is 9.96. The van der Waals surface area contributed by atoms with Gasteiger partial charge in [0.05, 0.1) is 61.0 Å². The van der Waals surface area contributed by atoms with Crippen molar-refractivity contribution >= 4 is 11.9 Å². The lowest BCUT2D eigenvalue weighted by molar-refractivity contribution is -0.337. The minimum absolute atomic E-state index is 0.0271. The number of methoxy groups -OCH3 is 2. The highest BCUT2D eigenvalue weighted by molar-refractivity contribution is 5.83. The van der Waals surface area contributed by atoms with E-state index in [1.807, 2.05) is 106 Å². The number of hydrogen-bond donors (Lipinski definition) is 6. The van der Waals surface area contributed by atoms with Crippen LogP contribution in [0.1, 0.15) is 160 Å². The molecule has 82 heavy (non-hydrogen) atoms. The van der Waals surface area contributed by atoms with Gasteiger partial charge in [0.1, 0.15) is 24.4 Å². The molecular weight excluding hydrogens is 1060 g/mol. The third-order valence-corrected chi connectivity index (χ3v) is 18.3. The van der Waals surface area contributed by atoms with Crippen LogP contribution in [-0.4, -0.2) is 166 Å². The monoisotopic (exact) mass is 1160 g/mol. The zero-order valence-corrected chi connectivity index (χ0v) is 51.5. The van der Waals surface area contributed by atoms with E-state index in [4.69, 9.17) is 47.4 Å². The Bertz CT molecular complexity index is 1990. The second kappa shape index (κ2) is 32.5. The molecule has 24 atom stereocenters. The van der Waals surface area contributed by atoms with Crippen LogP contribution in [0.15, 0.2) is 71.9 Å². The van der Waals surface area contributed by atoms with Crippen molar-refractivity contribution in [3.63, 3.8) is 0 Å². The molecule has 0 spiro atoms. The van der Waals surface area contributed by atoms with E-state index in [0.29, 0.717) is 25.7 Å². The molecule has 0 aromatic carbocycles. The first-order chi connectivity index (χ1) is 38.9. The van der Waals surface area contributed by atoms with Gasteiger partial charge in [-0.3, -0.25) is 0 Å². The average molecular weight is 1160 g/mol. The Morgan fingerprint density at radius 1 is 0.561 bits per heavy atom. The van der Waals surface area contributed by atoms with E-state index >= 15 is 0 Å². The molecule has 4 saturated heterocycles. The normalized spacial score (nSPS) is 42.8. The summed E-state index contributed by atoms with van der Waals surface area (Å²) in [4.78, 5) is 28.0. The number of carbonyl (C=O) groups is 2. The molecule has 0 amide bonds. The number of hydrogen-bond acceptors (Lipinski definition) is 18. The minimum Gasteiger partial charge on any atom is -0.458 e. The number of cyclic esters (lactones) is 2. The van der Waals surface area contributed by atoms with Crippen LogP contribution in [0.5, 0.6) is 0 Å². The number of aliphatic hydroxyl groups is 6. The Hall–Kier alpha value is -3.18. The predicted octanol–water partition coefficient (Wildman–Crippen LogP) is 8.39. The van der Waals surface area contributed by atoms with Crippen molar-refractivity contribution in [1.29, 1.82) is 0 Å². The zero-order chi connectivity index (χ0) is 60.6. The van der Waals surface area contributed by atoms with Gasteiger partial charge in [-0.05, 0) is 77.4 Å². The van der Waals surface area contributed by atoms with Gasteiger partial charge in [-0.15, -0.1) is 0 Å². The summed E-state index contributed by atoms with van der Waals surface area (Å²) >= 11 is 0. The van der Waals surface area contributed by atoms with E-state index in [2.05, 4.69) is 0 Å². The third-order valence-electron chi connectivity index (χ3n) is 18.3. The smallest absolute Gasteiger partial charge is 0.331 e. The molecule has 0 unspecified atom stereocenters. The maximum Gasteiger partial charge on any atom is 0.331 e.